The van der Waals surface area contributed by atoms with E-state index < -0.39 is 0 Å². The lowest BCUT2D eigenvalue weighted by molar-refractivity contribution is 0.0552. The largest absolute Gasteiger partial charge is 0.491 e. The van der Waals surface area contributed by atoms with Gasteiger partial charge in [0.1, 0.15) is 12.4 Å². The van der Waals surface area contributed by atoms with Crippen molar-refractivity contribution in [3.63, 3.8) is 0 Å². The standard InChI is InChI=1S/C11H16ClNO2/c1-9(2)14-5-6-15-11-3-4-13-10(7-11)8-12/h3-4,7,9H,5-6,8H2,1-2H3. The zero-order chi connectivity index (χ0) is 11.1. The van der Waals surface area contributed by atoms with Crippen molar-refractivity contribution < 1.29 is 9.47 Å². The molecule has 0 saturated carbocycles. The third-order valence-corrected chi connectivity index (χ3v) is 2.00. The Balaban J connectivity index is 2.30. The van der Waals surface area contributed by atoms with Crippen molar-refractivity contribution in [2.75, 3.05) is 13.2 Å². The van der Waals surface area contributed by atoms with E-state index >= 15 is 0 Å². The van der Waals surface area contributed by atoms with Gasteiger partial charge >= 0.3 is 0 Å². The quantitative estimate of drug-likeness (QED) is 0.555. The predicted octanol–water partition coefficient (Wildman–Crippen LogP) is 2.62. The average Bonchev–Trinajstić information content (AvgIpc) is 2.24. The smallest absolute Gasteiger partial charge is 0.122 e. The molecule has 1 rings (SSSR count). The van der Waals surface area contributed by atoms with Gasteiger partial charge in [0.2, 0.25) is 0 Å². The first-order valence-corrected chi connectivity index (χ1v) is 5.51. The number of hydrogen-bond donors (Lipinski definition) is 0. The second-order valence-corrected chi connectivity index (χ2v) is 3.65. The summed E-state index contributed by atoms with van der Waals surface area (Å²) in [5.41, 5.74) is 0.818. The summed E-state index contributed by atoms with van der Waals surface area (Å²) in [4.78, 5) is 4.07. The van der Waals surface area contributed by atoms with E-state index in [1.54, 1.807) is 6.20 Å². The first-order chi connectivity index (χ1) is 7.22. The maximum Gasteiger partial charge on any atom is 0.122 e. The second kappa shape index (κ2) is 6.64. The number of halogens is 1. The maximum absolute atomic E-state index is 5.66. The van der Waals surface area contributed by atoms with Gasteiger partial charge in [-0.25, -0.2) is 0 Å². The lowest BCUT2D eigenvalue weighted by atomic mass is 10.3. The predicted molar refractivity (Wildman–Crippen MR) is 60.4 cm³/mol. The molecule has 3 nitrogen and oxygen atoms in total. The van der Waals surface area contributed by atoms with Gasteiger partial charge in [-0.3, -0.25) is 4.98 Å². The number of aromatic nitrogens is 1. The van der Waals surface area contributed by atoms with Crippen LogP contribution in [0.3, 0.4) is 0 Å². The van der Waals surface area contributed by atoms with E-state index in [0.29, 0.717) is 19.1 Å². The summed E-state index contributed by atoms with van der Waals surface area (Å²) in [5.74, 6) is 1.19. The molecular weight excluding hydrogens is 214 g/mol. The molecule has 0 saturated heterocycles. The van der Waals surface area contributed by atoms with Gasteiger partial charge in [0, 0.05) is 12.3 Å². The van der Waals surface area contributed by atoms with Crippen LogP contribution < -0.4 is 4.74 Å². The van der Waals surface area contributed by atoms with Gasteiger partial charge in [0.05, 0.1) is 24.3 Å². The molecule has 0 aliphatic rings. The van der Waals surface area contributed by atoms with Crippen LogP contribution in [0.1, 0.15) is 19.5 Å². The summed E-state index contributed by atoms with van der Waals surface area (Å²) in [7, 11) is 0. The van der Waals surface area contributed by atoms with E-state index in [9.17, 15) is 0 Å². The van der Waals surface area contributed by atoms with Crippen LogP contribution in [-0.4, -0.2) is 24.3 Å². The molecule has 0 fully saturated rings. The van der Waals surface area contributed by atoms with Crippen LogP contribution in [-0.2, 0) is 10.6 Å². The molecule has 1 aromatic heterocycles. The molecule has 0 aliphatic heterocycles. The summed E-state index contributed by atoms with van der Waals surface area (Å²) in [6, 6.07) is 3.65. The summed E-state index contributed by atoms with van der Waals surface area (Å²) >= 11 is 5.66. The third-order valence-electron chi connectivity index (χ3n) is 1.73. The molecule has 4 heteroatoms. The summed E-state index contributed by atoms with van der Waals surface area (Å²) < 4.78 is 10.8. The van der Waals surface area contributed by atoms with E-state index in [0.717, 1.165) is 11.4 Å². The Morgan fingerprint density at radius 3 is 2.87 bits per heavy atom. The molecule has 0 bridgehead atoms. The topological polar surface area (TPSA) is 31.4 Å². The van der Waals surface area contributed by atoms with Gasteiger partial charge in [-0.15, -0.1) is 11.6 Å². The van der Waals surface area contributed by atoms with Crippen LogP contribution in [0.4, 0.5) is 0 Å². The molecule has 0 aromatic carbocycles. The monoisotopic (exact) mass is 229 g/mol. The molecule has 15 heavy (non-hydrogen) atoms. The fourth-order valence-electron chi connectivity index (χ4n) is 1.06. The molecule has 0 aliphatic carbocycles. The van der Waals surface area contributed by atoms with Gasteiger partial charge in [-0.2, -0.15) is 0 Å². The lowest BCUT2D eigenvalue weighted by Crippen LogP contribution is -2.11. The Bertz CT molecular complexity index is 292. The minimum Gasteiger partial charge on any atom is -0.491 e. The van der Waals surface area contributed by atoms with E-state index in [-0.39, 0.29) is 6.10 Å². The van der Waals surface area contributed by atoms with Crippen molar-refractivity contribution in [2.24, 2.45) is 0 Å². The maximum atomic E-state index is 5.66. The van der Waals surface area contributed by atoms with E-state index in [2.05, 4.69) is 4.98 Å². The van der Waals surface area contributed by atoms with Crippen molar-refractivity contribution in [1.29, 1.82) is 0 Å². The number of rotatable bonds is 6. The second-order valence-electron chi connectivity index (χ2n) is 3.38. The minimum atomic E-state index is 0.240. The minimum absolute atomic E-state index is 0.240. The van der Waals surface area contributed by atoms with Crippen LogP contribution in [0.25, 0.3) is 0 Å². The molecule has 84 valence electrons. The molecule has 0 unspecified atom stereocenters. The lowest BCUT2D eigenvalue weighted by Gasteiger charge is -2.09. The van der Waals surface area contributed by atoms with Crippen molar-refractivity contribution in [2.45, 2.75) is 25.8 Å². The fraction of sp³-hybridized carbons (Fsp3) is 0.545. The van der Waals surface area contributed by atoms with Crippen LogP contribution in [0.5, 0.6) is 5.75 Å². The molecule has 0 atom stereocenters. The van der Waals surface area contributed by atoms with Gasteiger partial charge in [0.15, 0.2) is 0 Å². The van der Waals surface area contributed by atoms with Crippen LogP contribution in [0.2, 0.25) is 0 Å². The Morgan fingerprint density at radius 2 is 2.20 bits per heavy atom. The van der Waals surface area contributed by atoms with Crippen molar-refractivity contribution in [3.05, 3.63) is 24.0 Å². The molecule has 1 aromatic rings. The number of ether oxygens (including phenoxy) is 2. The molecule has 0 spiro atoms. The van der Waals surface area contributed by atoms with Crippen molar-refractivity contribution >= 4 is 11.6 Å². The van der Waals surface area contributed by atoms with Crippen LogP contribution in [0, 0.1) is 0 Å². The summed E-state index contributed by atoms with van der Waals surface area (Å²) in [6.07, 6.45) is 1.93. The van der Waals surface area contributed by atoms with Gasteiger partial charge in [0.25, 0.3) is 0 Å². The zero-order valence-electron chi connectivity index (χ0n) is 9.07. The van der Waals surface area contributed by atoms with Crippen LogP contribution in [0.15, 0.2) is 18.3 Å². The highest BCUT2D eigenvalue weighted by atomic mass is 35.5. The molecular formula is C11H16ClNO2. The van der Waals surface area contributed by atoms with E-state index in [1.165, 1.54) is 0 Å². The average molecular weight is 230 g/mol. The first kappa shape index (κ1) is 12.3. The number of alkyl halides is 1. The highest BCUT2D eigenvalue weighted by Crippen LogP contribution is 2.12. The van der Waals surface area contributed by atoms with E-state index in [1.807, 2.05) is 26.0 Å². The number of hydrogen-bond acceptors (Lipinski definition) is 3. The molecule has 0 radical (unpaired) electrons. The molecule has 0 N–H and O–H groups in total. The van der Waals surface area contributed by atoms with Crippen molar-refractivity contribution in [3.8, 4) is 5.75 Å². The normalized spacial score (nSPS) is 10.7. The fourth-order valence-corrected chi connectivity index (χ4v) is 1.21. The number of nitrogens with zero attached hydrogens (tertiary/aromatic N) is 1. The SMILES string of the molecule is CC(C)OCCOc1ccnc(CCl)c1. The zero-order valence-corrected chi connectivity index (χ0v) is 9.83. The van der Waals surface area contributed by atoms with Gasteiger partial charge in [-0.1, -0.05) is 0 Å². The van der Waals surface area contributed by atoms with Crippen LogP contribution >= 0.6 is 11.6 Å². The Morgan fingerprint density at radius 1 is 1.40 bits per heavy atom. The summed E-state index contributed by atoms with van der Waals surface area (Å²) in [6.45, 7) is 5.14. The van der Waals surface area contributed by atoms with Gasteiger partial charge in [-0.05, 0) is 19.9 Å². The van der Waals surface area contributed by atoms with Crippen molar-refractivity contribution in [1.82, 2.24) is 4.98 Å². The first-order valence-electron chi connectivity index (χ1n) is 4.97. The highest BCUT2D eigenvalue weighted by molar-refractivity contribution is 6.16. The molecule has 0 amide bonds. The third kappa shape index (κ3) is 5.00. The van der Waals surface area contributed by atoms with E-state index in [4.69, 9.17) is 21.1 Å². The Kier molecular flexibility index (Phi) is 5.43. The Hall–Kier alpha value is -0.800. The molecule has 1 heterocycles. The highest BCUT2D eigenvalue weighted by Gasteiger charge is 1.98. The number of pyridine rings is 1. The Labute approximate surface area is 95.4 Å². The summed E-state index contributed by atoms with van der Waals surface area (Å²) in [5, 5.41) is 0. The van der Waals surface area contributed by atoms with Gasteiger partial charge < -0.3 is 9.47 Å².